The normalized spacial score (nSPS) is 17.2. The Morgan fingerprint density at radius 2 is 2.06 bits per heavy atom. The van der Waals surface area contributed by atoms with Gasteiger partial charge in [0.15, 0.2) is 17.2 Å². The Morgan fingerprint density at radius 1 is 1.29 bits per heavy atom. The van der Waals surface area contributed by atoms with Crippen molar-refractivity contribution < 1.29 is 9.53 Å². The molecule has 3 rings (SSSR count). The van der Waals surface area contributed by atoms with Gasteiger partial charge in [0.05, 0.1) is 5.52 Å². The number of carbonyl (C=O) groups excluding carboxylic acids is 1. The lowest BCUT2D eigenvalue weighted by Crippen LogP contribution is -2.45. The molecule has 17 heavy (non-hydrogen) atoms. The van der Waals surface area contributed by atoms with Crippen molar-refractivity contribution in [3.63, 3.8) is 0 Å². The molecule has 1 amide bonds. The second-order valence-corrected chi connectivity index (χ2v) is 4.59. The summed E-state index contributed by atoms with van der Waals surface area (Å²) in [5, 5.41) is 3.77. The van der Waals surface area contributed by atoms with Crippen LogP contribution in [-0.2, 0) is 4.79 Å². The Hall–Kier alpha value is -2.10. The number of benzene rings is 1. The van der Waals surface area contributed by atoms with Crippen molar-refractivity contribution in [2.24, 2.45) is 0 Å². The molecule has 4 heteroatoms. The molecule has 86 valence electrons. The molecule has 0 aliphatic carbocycles. The van der Waals surface area contributed by atoms with Gasteiger partial charge < -0.3 is 10.1 Å². The summed E-state index contributed by atoms with van der Waals surface area (Å²) < 4.78 is 5.67. The quantitative estimate of drug-likeness (QED) is 0.753. The summed E-state index contributed by atoms with van der Waals surface area (Å²) in [5.41, 5.74) is -0.00760. The number of pyridine rings is 1. The Morgan fingerprint density at radius 3 is 2.88 bits per heavy atom. The zero-order valence-electron chi connectivity index (χ0n) is 9.65. The number of anilines is 1. The molecule has 0 spiro atoms. The van der Waals surface area contributed by atoms with Crippen LogP contribution >= 0.6 is 0 Å². The average molecular weight is 228 g/mol. The van der Waals surface area contributed by atoms with Crippen LogP contribution in [0.2, 0.25) is 0 Å². The largest absolute Gasteiger partial charge is 0.474 e. The predicted molar refractivity (Wildman–Crippen MR) is 65.1 cm³/mol. The lowest BCUT2D eigenvalue weighted by atomic mass is 10.1. The number of para-hydroxylation sites is 1. The van der Waals surface area contributed by atoms with Gasteiger partial charge in [0.2, 0.25) is 0 Å². The highest BCUT2D eigenvalue weighted by molar-refractivity contribution is 6.00. The van der Waals surface area contributed by atoms with Crippen molar-refractivity contribution in [2.45, 2.75) is 19.4 Å². The summed E-state index contributed by atoms with van der Waals surface area (Å²) in [4.78, 5) is 16.1. The van der Waals surface area contributed by atoms with Crippen LogP contribution in [0.25, 0.3) is 10.9 Å². The second kappa shape index (κ2) is 3.20. The SMILES string of the molecule is CC1(C)Oc2cc3ccccc3nc2NC1=O. The van der Waals surface area contributed by atoms with Crippen molar-refractivity contribution in [3.05, 3.63) is 30.3 Å². The summed E-state index contributed by atoms with van der Waals surface area (Å²) >= 11 is 0. The van der Waals surface area contributed by atoms with Crippen LogP contribution in [0.3, 0.4) is 0 Å². The number of aromatic nitrogens is 1. The van der Waals surface area contributed by atoms with Gasteiger partial charge in [0.1, 0.15) is 0 Å². The molecule has 1 aliphatic heterocycles. The molecular weight excluding hydrogens is 216 g/mol. The molecule has 2 aromatic rings. The first-order chi connectivity index (χ1) is 8.06. The van der Waals surface area contributed by atoms with Crippen molar-refractivity contribution in [2.75, 3.05) is 5.32 Å². The van der Waals surface area contributed by atoms with E-state index in [0.717, 1.165) is 10.9 Å². The first-order valence-corrected chi connectivity index (χ1v) is 5.46. The van der Waals surface area contributed by atoms with Gasteiger partial charge in [0, 0.05) is 5.39 Å². The lowest BCUT2D eigenvalue weighted by Gasteiger charge is -2.30. The van der Waals surface area contributed by atoms with Gasteiger partial charge in [-0.2, -0.15) is 0 Å². The number of fused-ring (bicyclic) bond motifs is 2. The monoisotopic (exact) mass is 228 g/mol. The Kier molecular flexibility index (Phi) is 1.90. The van der Waals surface area contributed by atoms with E-state index in [4.69, 9.17) is 4.74 Å². The zero-order valence-corrected chi connectivity index (χ0v) is 9.65. The number of nitrogens with zero attached hydrogens (tertiary/aromatic N) is 1. The summed E-state index contributed by atoms with van der Waals surface area (Å²) in [6.07, 6.45) is 0. The second-order valence-electron chi connectivity index (χ2n) is 4.59. The van der Waals surface area contributed by atoms with Gasteiger partial charge in [-0.15, -0.1) is 0 Å². The molecule has 1 aromatic heterocycles. The maximum Gasteiger partial charge on any atom is 0.269 e. The lowest BCUT2D eigenvalue weighted by molar-refractivity contribution is -0.129. The first-order valence-electron chi connectivity index (χ1n) is 5.46. The molecule has 0 radical (unpaired) electrons. The molecule has 2 heterocycles. The third-order valence-electron chi connectivity index (χ3n) is 2.83. The van der Waals surface area contributed by atoms with Crippen LogP contribution in [0.5, 0.6) is 5.75 Å². The highest BCUT2D eigenvalue weighted by Crippen LogP contribution is 2.34. The Balaban J connectivity index is 2.20. The van der Waals surface area contributed by atoms with Crippen LogP contribution < -0.4 is 10.1 Å². The fraction of sp³-hybridized carbons (Fsp3) is 0.231. The minimum Gasteiger partial charge on any atom is -0.474 e. The first kappa shape index (κ1) is 10.1. The van der Waals surface area contributed by atoms with Crippen LogP contribution in [0, 0.1) is 0 Å². The fourth-order valence-electron chi connectivity index (χ4n) is 1.84. The maximum absolute atomic E-state index is 11.7. The highest BCUT2D eigenvalue weighted by Gasteiger charge is 2.36. The van der Waals surface area contributed by atoms with E-state index in [1.165, 1.54) is 0 Å². The minimum atomic E-state index is -0.850. The third-order valence-corrected chi connectivity index (χ3v) is 2.83. The number of amides is 1. The molecule has 1 aliphatic rings. The molecule has 1 aromatic carbocycles. The number of rotatable bonds is 0. The molecule has 0 atom stereocenters. The van der Waals surface area contributed by atoms with E-state index in [9.17, 15) is 4.79 Å². The summed E-state index contributed by atoms with van der Waals surface area (Å²) in [7, 11) is 0. The van der Waals surface area contributed by atoms with E-state index in [-0.39, 0.29) is 5.91 Å². The third kappa shape index (κ3) is 1.53. The number of carbonyl (C=O) groups is 1. The summed E-state index contributed by atoms with van der Waals surface area (Å²) in [6, 6.07) is 9.63. The smallest absolute Gasteiger partial charge is 0.269 e. The van der Waals surface area contributed by atoms with Crippen molar-refractivity contribution in [1.82, 2.24) is 4.98 Å². The highest BCUT2D eigenvalue weighted by atomic mass is 16.5. The van der Waals surface area contributed by atoms with Crippen molar-refractivity contribution in [1.29, 1.82) is 0 Å². The van der Waals surface area contributed by atoms with Gasteiger partial charge in [-0.1, -0.05) is 18.2 Å². The molecule has 0 bridgehead atoms. The van der Waals surface area contributed by atoms with Crippen LogP contribution in [0.1, 0.15) is 13.8 Å². The molecule has 0 unspecified atom stereocenters. The van der Waals surface area contributed by atoms with E-state index in [0.29, 0.717) is 11.6 Å². The van der Waals surface area contributed by atoms with E-state index in [2.05, 4.69) is 10.3 Å². The molecule has 1 N–H and O–H groups in total. The topological polar surface area (TPSA) is 51.2 Å². The van der Waals surface area contributed by atoms with Gasteiger partial charge in [0.25, 0.3) is 5.91 Å². The van der Waals surface area contributed by atoms with Crippen LogP contribution in [0.4, 0.5) is 5.82 Å². The van der Waals surface area contributed by atoms with Gasteiger partial charge in [-0.25, -0.2) is 4.98 Å². The molecule has 0 saturated carbocycles. The minimum absolute atomic E-state index is 0.173. The van der Waals surface area contributed by atoms with Gasteiger partial charge in [-0.3, -0.25) is 4.79 Å². The summed E-state index contributed by atoms with van der Waals surface area (Å²) in [5.74, 6) is 0.939. The van der Waals surface area contributed by atoms with Crippen molar-refractivity contribution >= 4 is 22.6 Å². The molecule has 0 saturated heterocycles. The maximum atomic E-state index is 11.7. The fourth-order valence-corrected chi connectivity index (χ4v) is 1.84. The van der Waals surface area contributed by atoms with Gasteiger partial charge in [-0.05, 0) is 26.0 Å². The molecule has 4 nitrogen and oxygen atoms in total. The Bertz CT molecular complexity index is 620. The predicted octanol–water partition coefficient (Wildman–Crippen LogP) is 2.34. The Labute approximate surface area is 98.6 Å². The number of nitrogens with one attached hydrogen (secondary N) is 1. The van der Waals surface area contributed by atoms with Crippen LogP contribution in [-0.4, -0.2) is 16.5 Å². The van der Waals surface area contributed by atoms with E-state index in [1.807, 2.05) is 30.3 Å². The number of ether oxygens (including phenoxy) is 1. The number of hydrogen-bond acceptors (Lipinski definition) is 3. The van der Waals surface area contributed by atoms with Crippen LogP contribution in [0.15, 0.2) is 30.3 Å². The molecule has 0 fully saturated rings. The van der Waals surface area contributed by atoms with E-state index in [1.54, 1.807) is 13.8 Å². The van der Waals surface area contributed by atoms with Crippen molar-refractivity contribution in [3.8, 4) is 5.75 Å². The zero-order chi connectivity index (χ0) is 12.0. The number of hydrogen-bond donors (Lipinski definition) is 1. The summed E-state index contributed by atoms with van der Waals surface area (Å²) in [6.45, 7) is 3.47. The van der Waals surface area contributed by atoms with Gasteiger partial charge >= 0.3 is 0 Å². The molecular formula is C13H12N2O2. The standard InChI is InChI=1S/C13H12N2O2/c1-13(2)12(16)15-11-10(17-13)7-8-5-3-4-6-9(8)14-11/h3-7H,1-2H3,(H,14,15,16). The van der Waals surface area contributed by atoms with E-state index < -0.39 is 5.60 Å². The van der Waals surface area contributed by atoms with E-state index >= 15 is 0 Å². The average Bonchev–Trinajstić information content (AvgIpc) is 2.28.